The summed E-state index contributed by atoms with van der Waals surface area (Å²) in [5.74, 6) is 0. The van der Waals surface area contributed by atoms with Crippen LogP contribution in [-0.4, -0.2) is 67.7 Å². The maximum absolute atomic E-state index is 3.50. The van der Waals surface area contributed by atoms with Gasteiger partial charge in [0.05, 0.1) is 6.04 Å². The fourth-order valence-electron chi connectivity index (χ4n) is 4.41. The predicted octanol–water partition coefficient (Wildman–Crippen LogP) is 2.26. The second-order valence-corrected chi connectivity index (χ2v) is 7.64. The molecule has 0 amide bonds. The second kappa shape index (κ2) is 8.45. The maximum Gasteiger partial charge on any atom is 0.0579 e. The Morgan fingerprint density at radius 2 is 1.52 bits per heavy atom. The van der Waals surface area contributed by atoms with Gasteiger partial charge in [0.2, 0.25) is 0 Å². The van der Waals surface area contributed by atoms with Gasteiger partial charge < -0.3 is 10.6 Å². The van der Waals surface area contributed by atoms with Gasteiger partial charge in [-0.1, -0.05) is 36.4 Å². The molecule has 4 heteroatoms. The summed E-state index contributed by atoms with van der Waals surface area (Å²) in [6.07, 6.45) is 2.38. The molecule has 1 atom stereocenters. The van der Waals surface area contributed by atoms with E-state index in [-0.39, 0.29) is 5.54 Å². The highest BCUT2D eigenvalue weighted by Gasteiger charge is 2.38. The molecular formula is C21H34N4. The van der Waals surface area contributed by atoms with Crippen LogP contribution in [0.3, 0.4) is 0 Å². The number of benzene rings is 1. The average molecular weight is 343 g/mol. The molecule has 2 fully saturated rings. The molecule has 0 bridgehead atoms. The molecule has 0 aliphatic carbocycles. The molecule has 0 saturated carbocycles. The summed E-state index contributed by atoms with van der Waals surface area (Å²) >= 11 is 0. The van der Waals surface area contributed by atoms with Gasteiger partial charge in [-0.25, -0.2) is 0 Å². The summed E-state index contributed by atoms with van der Waals surface area (Å²) in [5.41, 5.74) is 3.01. The molecule has 1 unspecified atom stereocenters. The van der Waals surface area contributed by atoms with Crippen molar-refractivity contribution in [3.63, 3.8) is 0 Å². The Bertz CT molecular complexity index is 555. The largest absolute Gasteiger partial charge is 0.314 e. The lowest BCUT2D eigenvalue weighted by Crippen LogP contribution is -2.56. The van der Waals surface area contributed by atoms with Gasteiger partial charge in [-0.15, -0.1) is 0 Å². The molecular weight excluding hydrogens is 308 g/mol. The van der Waals surface area contributed by atoms with E-state index in [1.807, 2.05) is 0 Å². The Morgan fingerprint density at radius 1 is 0.960 bits per heavy atom. The fraction of sp³-hybridized carbons (Fsp3) is 0.619. The van der Waals surface area contributed by atoms with E-state index in [0.717, 1.165) is 52.4 Å². The van der Waals surface area contributed by atoms with Crippen LogP contribution >= 0.6 is 0 Å². The van der Waals surface area contributed by atoms with E-state index in [1.54, 1.807) is 0 Å². The Labute approximate surface area is 153 Å². The van der Waals surface area contributed by atoms with Crippen LogP contribution in [0.25, 0.3) is 0 Å². The van der Waals surface area contributed by atoms with Crippen molar-refractivity contribution in [2.75, 3.05) is 52.4 Å². The minimum atomic E-state index is 0.0578. The number of nitrogens with one attached hydrogen (secondary N) is 2. The topological polar surface area (TPSA) is 30.5 Å². The van der Waals surface area contributed by atoms with E-state index in [9.17, 15) is 0 Å². The number of hydrogen-bond donors (Lipinski definition) is 2. The van der Waals surface area contributed by atoms with Crippen molar-refractivity contribution in [3.8, 4) is 0 Å². The molecule has 0 radical (unpaired) electrons. The van der Waals surface area contributed by atoms with Gasteiger partial charge >= 0.3 is 0 Å². The third-order valence-corrected chi connectivity index (χ3v) is 5.85. The number of hydrogen-bond acceptors (Lipinski definition) is 4. The van der Waals surface area contributed by atoms with Gasteiger partial charge in [0.25, 0.3) is 0 Å². The Hall–Kier alpha value is -1.20. The van der Waals surface area contributed by atoms with Crippen LogP contribution in [0.1, 0.15) is 32.4 Å². The zero-order valence-electron chi connectivity index (χ0n) is 16.1. The first-order valence-electron chi connectivity index (χ1n) is 9.76. The molecule has 2 aliphatic rings. The van der Waals surface area contributed by atoms with Crippen molar-refractivity contribution in [2.45, 2.75) is 32.4 Å². The van der Waals surface area contributed by atoms with Crippen molar-refractivity contribution in [3.05, 3.63) is 47.5 Å². The van der Waals surface area contributed by atoms with Crippen molar-refractivity contribution in [2.24, 2.45) is 0 Å². The second-order valence-electron chi connectivity index (χ2n) is 7.64. The first-order valence-corrected chi connectivity index (χ1v) is 9.76. The van der Waals surface area contributed by atoms with E-state index < -0.39 is 0 Å². The highest BCUT2D eigenvalue weighted by atomic mass is 15.3. The minimum absolute atomic E-state index is 0.0578. The van der Waals surface area contributed by atoms with Crippen molar-refractivity contribution >= 4 is 0 Å². The smallest absolute Gasteiger partial charge is 0.0579 e. The molecule has 1 aromatic carbocycles. The summed E-state index contributed by atoms with van der Waals surface area (Å²) in [4.78, 5) is 5.31. The molecule has 138 valence electrons. The summed E-state index contributed by atoms with van der Waals surface area (Å²) in [7, 11) is 0. The first kappa shape index (κ1) is 18.6. The number of piperazine rings is 2. The third-order valence-electron chi connectivity index (χ3n) is 5.85. The average Bonchev–Trinajstić information content (AvgIpc) is 2.68. The van der Waals surface area contributed by atoms with E-state index >= 15 is 0 Å². The quantitative estimate of drug-likeness (QED) is 0.804. The van der Waals surface area contributed by atoms with Crippen LogP contribution in [-0.2, 0) is 0 Å². The summed E-state index contributed by atoms with van der Waals surface area (Å²) in [6.45, 7) is 15.8. The van der Waals surface area contributed by atoms with E-state index in [2.05, 4.69) is 77.6 Å². The van der Waals surface area contributed by atoms with Gasteiger partial charge in [-0.3, -0.25) is 9.80 Å². The number of rotatable bonds is 5. The van der Waals surface area contributed by atoms with Crippen LogP contribution in [0.2, 0.25) is 0 Å². The van der Waals surface area contributed by atoms with Gasteiger partial charge in [0.15, 0.2) is 0 Å². The van der Waals surface area contributed by atoms with E-state index in [1.165, 1.54) is 11.1 Å². The highest BCUT2D eigenvalue weighted by Crippen LogP contribution is 2.38. The Kier molecular flexibility index (Phi) is 6.29. The minimum Gasteiger partial charge on any atom is -0.314 e. The number of nitrogens with zero attached hydrogens (tertiary/aromatic N) is 2. The molecule has 1 aromatic rings. The number of allylic oxidation sites excluding steroid dienone is 1. The lowest BCUT2D eigenvalue weighted by molar-refractivity contribution is 0.103. The summed E-state index contributed by atoms with van der Waals surface area (Å²) in [5, 5.41) is 6.99. The lowest BCUT2D eigenvalue weighted by atomic mass is 9.82. The van der Waals surface area contributed by atoms with E-state index in [4.69, 9.17) is 0 Å². The monoisotopic (exact) mass is 342 g/mol. The molecule has 0 spiro atoms. The molecule has 4 nitrogen and oxygen atoms in total. The van der Waals surface area contributed by atoms with Crippen LogP contribution < -0.4 is 10.6 Å². The Morgan fingerprint density at radius 3 is 2.08 bits per heavy atom. The molecule has 25 heavy (non-hydrogen) atoms. The molecule has 2 heterocycles. The van der Waals surface area contributed by atoms with E-state index in [0.29, 0.717) is 6.04 Å². The molecule has 2 saturated heterocycles. The van der Waals surface area contributed by atoms with Crippen LogP contribution in [0.4, 0.5) is 0 Å². The van der Waals surface area contributed by atoms with Gasteiger partial charge in [0.1, 0.15) is 0 Å². The standard InChI is InChI=1S/C21H34N4/c1-4-19(21(2,3)25-16-12-23-13-17-25)20(18-8-6-5-7-9-18)24-14-10-22-11-15-24/h4-9,20,22-23H,10-17H2,1-3H3/b19-4-. The molecule has 2 aliphatic heterocycles. The maximum atomic E-state index is 3.50. The van der Waals surface area contributed by atoms with Crippen LogP contribution in [0, 0.1) is 0 Å². The first-order chi connectivity index (χ1) is 12.1. The molecule has 0 aromatic heterocycles. The highest BCUT2D eigenvalue weighted by molar-refractivity contribution is 5.34. The Balaban J connectivity index is 1.94. The van der Waals surface area contributed by atoms with Crippen LogP contribution in [0.5, 0.6) is 0 Å². The fourth-order valence-corrected chi connectivity index (χ4v) is 4.41. The predicted molar refractivity (Wildman–Crippen MR) is 106 cm³/mol. The van der Waals surface area contributed by atoms with Crippen molar-refractivity contribution in [1.29, 1.82) is 0 Å². The zero-order chi connectivity index (χ0) is 17.7. The normalized spacial score (nSPS) is 22.8. The lowest BCUT2D eigenvalue weighted by Gasteiger charge is -2.48. The van der Waals surface area contributed by atoms with Crippen molar-refractivity contribution < 1.29 is 0 Å². The van der Waals surface area contributed by atoms with Gasteiger partial charge in [-0.05, 0) is 31.9 Å². The molecule has 3 rings (SSSR count). The van der Waals surface area contributed by atoms with Gasteiger partial charge in [0, 0.05) is 57.9 Å². The summed E-state index contributed by atoms with van der Waals surface area (Å²) < 4.78 is 0. The SMILES string of the molecule is C/C=C(/C(c1ccccc1)N1CCNCC1)C(C)(C)N1CCNCC1. The van der Waals surface area contributed by atoms with Crippen LogP contribution in [0.15, 0.2) is 42.0 Å². The molecule has 2 N–H and O–H groups in total. The third kappa shape index (κ3) is 4.14. The van der Waals surface area contributed by atoms with Crippen molar-refractivity contribution in [1.82, 2.24) is 20.4 Å². The van der Waals surface area contributed by atoms with Gasteiger partial charge in [-0.2, -0.15) is 0 Å². The summed E-state index contributed by atoms with van der Waals surface area (Å²) in [6, 6.07) is 11.4. The zero-order valence-corrected chi connectivity index (χ0v) is 16.1.